The predicted molar refractivity (Wildman–Crippen MR) is 148 cm³/mol. The molecule has 42 heavy (non-hydrogen) atoms. The number of alkyl halides is 3. The summed E-state index contributed by atoms with van der Waals surface area (Å²) in [6, 6.07) is 15.8. The molecule has 3 aromatic rings. The van der Waals surface area contributed by atoms with Gasteiger partial charge in [-0.25, -0.2) is 4.79 Å². The maximum atomic E-state index is 14.1. The zero-order valence-corrected chi connectivity index (χ0v) is 22.5. The second-order valence-corrected chi connectivity index (χ2v) is 9.84. The lowest BCUT2D eigenvalue weighted by Crippen LogP contribution is -2.47. The third-order valence-corrected chi connectivity index (χ3v) is 7.22. The number of nitrogens with one attached hydrogen (secondary N) is 2. The first-order valence-corrected chi connectivity index (χ1v) is 13.3. The molecule has 0 spiro atoms. The summed E-state index contributed by atoms with van der Waals surface area (Å²) >= 11 is 0. The number of benzene rings is 2. The van der Waals surface area contributed by atoms with E-state index in [1.165, 1.54) is 34.1 Å². The summed E-state index contributed by atoms with van der Waals surface area (Å²) in [4.78, 5) is 47.8. The van der Waals surface area contributed by atoms with Crippen LogP contribution in [0.5, 0.6) is 0 Å². The lowest BCUT2D eigenvalue weighted by atomic mass is 9.91. The molecule has 0 saturated carbocycles. The molecule has 2 atom stereocenters. The van der Waals surface area contributed by atoms with Gasteiger partial charge in [0.1, 0.15) is 6.04 Å². The van der Waals surface area contributed by atoms with Crippen molar-refractivity contribution in [1.29, 1.82) is 0 Å². The van der Waals surface area contributed by atoms with Gasteiger partial charge >= 0.3 is 12.2 Å². The summed E-state index contributed by atoms with van der Waals surface area (Å²) in [6.07, 6.45) is -1.15. The molecule has 5 rings (SSSR count). The summed E-state index contributed by atoms with van der Waals surface area (Å²) in [6.45, 7) is 3.78. The molecule has 8 nitrogen and oxygen atoms in total. The van der Waals surface area contributed by atoms with Crippen molar-refractivity contribution in [3.63, 3.8) is 0 Å². The topological polar surface area (TPSA) is 94.6 Å². The molecule has 4 amide bonds. The summed E-state index contributed by atoms with van der Waals surface area (Å²) in [7, 11) is 0. The van der Waals surface area contributed by atoms with Crippen LogP contribution >= 0.6 is 0 Å². The van der Waals surface area contributed by atoms with Gasteiger partial charge in [-0.15, -0.1) is 6.58 Å². The molecule has 3 heterocycles. The van der Waals surface area contributed by atoms with Crippen LogP contribution in [0.15, 0.2) is 103 Å². The third kappa shape index (κ3) is 5.63. The monoisotopic (exact) mass is 575 g/mol. The number of hydrogen-bond acceptors (Lipinski definition) is 4. The molecule has 2 N–H and O–H groups in total. The van der Waals surface area contributed by atoms with Gasteiger partial charge in [0.05, 0.1) is 29.4 Å². The maximum Gasteiger partial charge on any atom is 0.416 e. The highest BCUT2D eigenvalue weighted by Gasteiger charge is 2.49. The molecule has 2 aliphatic heterocycles. The number of carbonyl (C=O) groups excluding carboxylic acids is 3. The van der Waals surface area contributed by atoms with Crippen molar-refractivity contribution in [2.75, 3.05) is 19.6 Å². The first kappa shape index (κ1) is 28.6. The number of halogens is 3. The molecule has 216 valence electrons. The standard InChI is InChI=1S/C31H28F3N5O3/c1-2-18-38-24-19-39(27(20-10-4-3-5-11-20)28(40)36-17-15-21-12-8-9-16-35-21)29(41)25(24)26(37-30(38)42)22-13-6-7-14-23(22)31(32,33)34/h2-14,16,26-27H,1,15,17-19H2,(H,36,40)(H,37,42)/t26-,27-/m1/s1. The van der Waals surface area contributed by atoms with Crippen LogP contribution in [0.1, 0.15) is 34.5 Å². The van der Waals surface area contributed by atoms with Crippen molar-refractivity contribution in [2.45, 2.75) is 24.7 Å². The number of amides is 4. The summed E-state index contributed by atoms with van der Waals surface area (Å²) < 4.78 is 42.0. The largest absolute Gasteiger partial charge is 0.416 e. The van der Waals surface area contributed by atoms with E-state index in [2.05, 4.69) is 22.2 Å². The Balaban J connectivity index is 1.51. The van der Waals surface area contributed by atoms with Crippen LogP contribution in [0.25, 0.3) is 0 Å². The van der Waals surface area contributed by atoms with Gasteiger partial charge in [-0.1, -0.05) is 60.7 Å². The second kappa shape index (κ2) is 11.9. The number of rotatable bonds is 9. The highest BCUT2D eigenvalue weighted by Crippen LogP contribution is 2.43. The molecule has 0 aliphatic carbocycles. The minimum absolute atomic E-state index is 0.0182. The van der Waals surface area contributed by atoms with Crippen LogP contribution in [0, 0.1) is 0 Å². The highest BCUT2D eigenvalue weighted by atomic mass is 19.4. The Bertz CT molecular complexity index is 1530. The molecule has 0 bridgehead atoms. The van der Waals surface area contributed by atoms with Crippen molar-refractivity contribution < 1.29 is 27.6 Å². The number of aromatic nitrogens is 1. The number of hydrogen-bond donors (Lipinski definition) is 2. The third-order valence-electron chi connectivity index (χ3n) is 7.22. The number of urea groups is 1. The van der Waals surface area contributed by atoms with Gasteiger partial charge in [-0.05, 0) is 29.3 Å². The normalized spacial score (nSPS) is 17.5. The van der Waals surface area contributed by atoms with Gasteiger partial charge in [-0.3, -0.25) is 19.5 Å². The number of carbonyl (C=O) groups is 3. The molecule has 1 aromatic heterocycles. The Labute approximate surface area is 240 Å². The summed E-state index contributed by atoms with van der Waals surface area (Å²) in [5.41, 5.74) is 0.290. The number of pyridine rings is 1. The lowest BCUT2D eigenvalue weighted by molar-refractivity contribution is -0.138. The van der Waals surface area contributed by atoms with E-state index in [-0.39, 0.29) is 36.5 Å². The van der Waals surface area contributed by atoms with E-state index in [9.17, 15) is 27.6 Å². The van der Waals surface area contributed by atoms with E-state index in [0.717, 1.165) is 11.8 Å². The van der Waals surface area contributed by atoms with Crippen LogP contribution in [0.3, 0.4) is 0 Å². The van der Waals surface area contributed by atoms with Gasteiger partial charge < -0.3 is 15.5 Å². The van der Waals surface area contributed by atoms with Crippen molar-refractivity contribution >= 4 is 17.8 Å². The molecule has 2 aromatic carbocycles. The SMILES string of the molecule is C=CCN1C(=O)N[C@H](c2ccccc2C(F)(F)F)C2=C1CN([C@@H](C(=O)NCCc1ccccn1)c1ccccc1)C2=O. The zero-order valence-electron chi connectivity index (χ0n) is 22.5. The van der Waals surface area contributed by atoms with Crippen molar-refractivity contribution in [3.8, 4) is 0 Å². The van der Waals surface area contributed by atoms with Crippen molar-refractivity contribution in [2.24, 2.45) is 0 Å². The van der Waals surface area contributed by atoms with E-state index in [1.54, 1.807) is 42.6 Å². The van der Waals surface area contributed by atoms with Gasteiger partial charge in [0.2, 0.25) is 5.91 Å². The fourth-order valence-electron chi connectivity index (χ4n) is 5.35. The molecule has 0 saturated heterocycles. The molecule has 11 heteroatoms. The lowest BCUT2D eigenvalue weighted by Gasteiger charge is -2.33. The Kier molecular flexibility index (Phi) is 8.10. The maximum absolute atomic E-state index is 14.1. The quantitative estimate of drug-likeness (QED) is 0.366. The Morgan fingerprint density at radius 1 is 1.07 bits per heavy atom. The minimum Gasteiger partial charge on any atom is -0.354 e. The van der Waals surface area contributed by atoms with Crippen molar-refractivity contribution in [1.82, 2.24) is 25.4 Å². The highest BCUT2D eigenvalue weighted by molar-refractivity contribution is 6.04. The van der Waals surface area contributed by atoms with E-state index in [0.29, 0.717) is 12.0 Å². The van der Waals surface area contributed by atoms with Gasteiger partial charge in [-0.2, -0.15) is 13.2 Å². The first-order chi connectivity index (χ1) is 20.2. The molecular formula is C31H28F3N5O3. The molecule has 0 fully saturated rings. The zero-order chi connectivity index (χ0) is 29.9. The van der Waals surface area contributed by atoms with Crippen LogP contribution < -0.4 is 10.6 Å². The summed E-state index contributed by atoms with van der Waals surface area (Å²) in [5.74, 6) is -1.11. The van der Waals surface area contributed by atoms with Crippen molar-refractivity contribution in [3.05, 3.63) is 125 Å². The minimum atomic E-state index is -4.72. The Morgan fingerprint density at radius 2 is 1.79 bits per heavy atom. The molecule has 0 unspecified atom stereocenters. The summed E-state index contributed by atoms with van der Waals surface area (Å²) in [5, 5.41) is 5.46. The van der Waals surface area contributed by atoms with Gasteiger partial charge in [0.15, 0.2) is 0 Å². The smallest absolute Gasteiger partial charge is 0.354 e. The second-order valence-electron chi connectivity index (χ2n) is 9.84. The fraction of sp³-hybridized carbons (Fsp3) is 0.226. The van der Waals surface area contributed by atoms with Crippen LogP contribution in [0.2, 0.25) is 0 Å². The predicted octanol–water partition coefficient (Wildman–Crippen LogP) is 4.55. The van der Waals surface area contributed by atoms with Crippen LogP contribution in [0.4, 0.5) is 18.0 Å². The Hall–Kier alpha value is -4.93. The molecule has 2 aliphatic rings. The van der Waals surface area contributed by atoms with E-state index < -0.39 is 41.7 Å². The average molecular weight is 576 g/mol. The van der Waals surface area contributed by atoms with Crippen LogP contribution in [-0.2, 0) is 22.2 Å². The first-order valence-electron chi connectivity index (χ1n) is 13.3. The van der Waals surface area contributed by atoms with E-state index in [1.807, 2.05) is 12.1 Å². The van der Waals surface area contributed by atoms with Gasteiger partial charge in [0, 0.05) is 31.4 Å². The Morgan fingerprint density at radius 3 is 2.48 bits per heavy atom. The fourth-order valence-corrected chi connectivity index (χ4v) is 5.35. The number of nitrogens with zero attached hydrogens (tertiary/aromatic N) is 3. The average Bonchev–Trinajstić information content (AvgIpc) is 3.31. The van der Waals surface area contributed by atoms with Gasteiger partial charge in [0.25, 0.3) is 5.91 Å². The van der Waals surface area contributed by atoms with Crippen LogP contribution in [-0.4, -0.2) is 52.3 Å². The van der Waals surface area contributed by atoms with E-state index in [4.69, 9.17) is 0 Å². The molecule has 0 radical (unpaired) electrons. The molecular weight excluding hydrogens is 547 g/mol. The van der Waals surface area contributed by atoms with E-state index >= 15 is 0 Å².